The van der Waals surface area contributed by atoms with Crippen molar-refractivity contribution in [2.75, 3.05) is 20.3 Å². The topological polar surface area (TPSA) is 41.5 Å². The lowest BCUT2D eigenvalue weighted by Gasteiger charge is -2.23. The molecule has 0 aliphatic carbocycles. The van der Waals surface area contributed by atoms with Gasteiger partial charge in [0.25, 0.3) is 0 Å². The first-order valence-electron chi connectivity index (χ1n) is 5.99. The average Bonchev–Trinajstić information content (AvgIpc) is 2.34. The summed E-state index contributed by atoms with van der Waals surface area (Å²) in [6.45, 7) is 2.38. The Bertz CT molecular complexity index is 412. The number of methoxy groups -OCH3 is 1. The van der Waals surface area contributed by atoms with Gasteiger partial charge in [-0.3, -0.25) is 0 Å². The number of hydrogen-bond donors (Lipinski definition) is 2. The molecule has 0 aromatic heterocycles. The van der Waals surface area contributed by atoms with Gasteiger partial charge in [0, 0.05) is 30.8 Å². The molecule has 108 valence electrons. The minimum absolute atomic E-state index is 0.00440. The highest BCUT2D eigenvalue weighted by Crippen LogP contribution is 2.28. The fourth-order valence-electron chi connectivity index (χ4n) is 1.88. The van der Waals surface area contributed by atoms with E-state index in [1.54, 1.807) is 7.11 Å². The van der Waals surface area contributed by atoms with E-state index in [4.69, 9.17) is 33.0 Å². The van der Waals surface area contributed by atoms with E-state index in [0.29, 0.717) is 23.6 Å². The lowest BCUT2D eigenvalue weighted by atomic mass is 10.1. The lowest BCUT2D eigenvalue weighted by Crippen LogP contribution is -2.36. The van der Waals surface area contributed by atoms with Gasteiger partial charge in [-0.15, -0.1) is 0 Å². The summed E-state index contributed by atoms with van der Waals surface area (Å²) in [6.07, 6.45) is 0.547. The molecule has 0 saturated carbocycles. The molecule has 1 aromatic carbocycles. The van der Waals surface area contributed by atoms with Crippen LogP contribution in [0.25, 0.3) is 0 Å². The van der Waals surface area contributed by atoms with Crippen molar-refractivity contribution < 1.29 is 14.2 Å². The number of nitrogens with one attached hydrogen (secondary N) is 1. The molecule has 0 heterocycles. The van der Waals surface area contributed by atoms with Crippen LogP contribution in [0.5, 0.6) is 0 Å². The van der Waals surface area contributed by atoms with E-state index in [1.165, 1.54) is 12.1 Å². The van der Waals surface area contributed by atoms with Crippen LogP contribution in [0.15, 0.2) is 12.1 Å². The van der Waals surface area contributed by atoms with E-state index in [-0.39, 0.29) is 23.7 Å². The second kappa shape index (κ2) is 8.02. The standard InChI is InChI=1S/C13H18Cl2FNO2/c1-8(17-9(3-4-18)7-19-2)10-5-13(16)12(15)6-11(10)14/h5-6,8-9,17-18H,3-4,7H2,1-2H3. The number of aliphatic hydroxyl groups is 1. The van der Waals surface area contributed by atoms with Crippen molar-refractivity contribution in [1.29, 1.82) is 0 Å². The molecule has 19 heavy (non-hydrogen) atoms. The molecule has 1 rings (SSSR count). The smallest absolute Gasteiger partial charge is 0.142 e. The van der Waals surface area contributed by atoms with Gasteiger partial charge in [0.05, 0.1) is 11.6 Å². The summed E-state index contributed by atoms with van der Waals surface area (Å²) in [6, 6.07) is 2.51. The monoisotopic (exact) mass is 309 g/mol. The zero-order chi connectivity index (χ0) is 14.4. The van der Waals surface area contributed by atoms with Gasteiger partial charge in [0.15, 0.2) is 0 Å². The van der Waals surface area contributed by atoms with Crippen LogP contribution in [-0.4, -0.2) is 31.5 Å². The number of halogens is 3. The fourth-order valence-corrected chi connectivity index (χ4v) is 2.43. The molecule has 0 aliphatic heterocycles. The third-order valence-corrected chi connectivity index (χ3v) is 3.45. The molecule has 0 saturated heterocycles. The van der Waals surface area contributed by atoms with Gasteiger partial charge in [0.2, 0.25) is 0 Å². The molecule has 2 atom stereocenters. The van der Waals surface area contributed by atoms with E-state index >= 15 is 0 Å². The van der Waals surface area contributed by atoms with Crippen molar-refractivity contribution in [2.45, 2.75) is 25.4 Å². The highest BCUT2D eigenvalue weighted by Gasteiger charge is 2.17. The van der Waals surface area contributed by atoms with Crippen LogP contribution in [0.4, 0.5) is 4.39 Å². The van der Waals surface area contributed by atoms with Gasteiger partial charge in [0.1, 0.15) is 5.82 Å². The van der Waals surface area contributed by atoms with Crippen molar-refractivity contribution in [3.05, 3.63) is 33.6 Å². The summed E-state index contributed by atoms with van der Waals surface area (Å²) in [5.41, 5.74) is 0.627. The zero-order valence-electron chi connectivity index (χ0n) is 10.9. The van der Waals surface area contributed by atoms with Crippen LogP contribution < -0.4 is 5.32 Å². The molecule has 0 spiro atoms. The summed E-state index contributed by atoms with van der Waals surface area (Å²) >= 11 is 11.7. The van der Waals surface area contributed by atoms with Crippen molar-refractivity contribution in [3.63, 3.8) is 0 Å². The van der Waals surface area contributed by atoms with Gasteiger partial charge >= 0.3 is 0 Å². The quantitative estimate of drug-likeness (QED) is 0.760. The Labute approximate surface area is 122 Å². The van der Waals surface area contributed by atoms with Crippen LogP contribution in [-0.2, 0) is 4.74 Å². The fraction of sp³-hybridized carbons (Fsp3) is 0.538. The Kier molecular flexibility index (Phi) is 7.04. The number of ether oxygens (including phenoxy) is 1. The number of benzene rings is 1. The molecule has 6 heteroatoms. The maximum Gasteiger partial charge on any atom is 0.142 e. The second-order valence-corrected chi connectivity index (χ2v) is 5.16. The molecule has 1 aromatic rings. The van der Waals surface area contributed by atoms with Crippen LogP contribution in [0.1, 0.15) is 24.9 Å². The average molecular weight is 310 g/mol. The summed E-state index contributed by atoms with van der Waals surface area (Å²) in [5.74, 6) is -0.500. The Morgan fingerprint density at radius 2 is 2.05 bits per heavy atom. The van der Waals surface area contributed by atoms with Crippen molar-refractivity contribution in [3.8, 4) is 0 Å². The predicted octanol–water partition coefficient (Wildman–Crippen LogP) is 3.18. The normalized spacial score (nSPS) is 14.4. The van der Waals surface area contributed by atoms with E-state index in [9.17, 15) is 4.39 Å². The van der Waals surface area contributed by atoms with E-state index < -0.39 is 5.82 Å². The Hall–Kier alpha value is -0.390. The third-order valence-electron chi connectivity index (χ3n) is 2.84. The van der Waals surface area contributed by atoms with Crippen molar-refractivity contribution >= 4 is 23.2 Å². The van der Waals surface area contributed by atoms with E-state index in [2.05, 4.69) is 5.32 Å². The minimum atomic E-state index is -0.500. The first-order chi connectivity index (χ1) is 8.99. The van der Waals surface area contributed by atoms with Crippen molar-refractivity contribution in [2.24, 2.45) is 0 Å². The highest BCUT2D eigenvalue weighted by molar-refractivity contribution is 6.35. The van der Waals surface area contributed by atoms with Gasteiger partial charge < -0.3 is 15.2 Å². The number of rotatable bonds is 7. The summed E-state index contributed by atoms with van der Waals surface area (Å²) in [5, 5.41) is 12.6. The molecule has 2 unspecified atom stereocenters. The molecule has 0 aliphatic rings. The minimum Gasteiger partial charge on any atom is -0.396 e. The first kappa shape index (κ1) is 16.7. The molecule has 2 N–H and O–H groups in total. The van der Waals surface area contributed by atoms with E-state index in [0.717, 1.165) is 0 Å². The molecular formula is C13H18Cl2FNO2. The van der Waals surface area contributed by atoms with Gasteiger partial charge in [-0.25, -0.2) is 4.39 Å². The first-order valence-corrected chi connectivity index (χ1v) is 6.75. The van der Waals surface area contributed by atoms with Crippen LogP contribution in [0.2, 0.25) is 10.0 Å². The van der Waals surface area contributed by atoms with Crippen LogP contribution in [0, 0.1) is 5.82 Å². The molecule has 0 bridgehead atoms. The number of aliphatic hydroxyl groups excluding tert-OH is 1. The van der Waals surface area contributed by atoms with Crippen molar-refractivity contribution in [1.82, 2.24) is 5.32 Å². The largest absolute Gasteiger partial charge is 0.396 e. The van der Waals surface area contributed by atoms with E-state index in [1.807, 2.05) is 6.92 Å². The van der Waals surface area contributed by atoms with Gasteiger partial charge in [-0.05, 0) is 31.0 Å². The summed E-state index contributed by atoms with van der Waals surface area (Å²) in [7, 11) is 1.59. The molecule has 0 amide bonds. The predicted molar refractivity (Wildman–Crippen MR) is 75.3 cm³/mol. The maximum absolute atomic E-state index is 13.5. The van der Waals surface area contributed by atoms with Gasteiger partial charge in [-0.1, -0.05) is 23.2 Å². The van der Waals surface area contributed by atoms with Crippen LogP contribution >= 0.6 is 23.2 Å². The number of hydrogen-bond acceptors (Lipinski definition) is 3. The third kappa shape index (κ3) is 4.89. The maximum atomic E-state index is 13.5. The molecular weight excluding hydrogens is 292 g/mol. The summed E-state index contributed by atoms with van der Waals surface area (Å²) < 4.78 is 18.5. The Balaban J connectivity index is 2.81. The molecule has 0 radical (unpaired) electrons. The summed E-state index contributed by atoms with van der Waals surface area (Å²) in [4.78, 5) is 0. The highest BCUT2D eigenvalue weighted by atomic mass is 35.5. The van der Waals surface area contributed by atoms with Crippen LogP contribution in [0.3, 0.4) is 0 Å². The second-order valence-electron chi connectivity index (χ2n) is 4.34. The molecule has 3 nitrogen and oxygen atoms in total. The lowest BCUT2D eigenvalue weighted by molar-refractivity contribution is 0.143. The Morgan fingerprint density at radius 3 is 2.63 bits per heavy atom. The Morgan fingerprint density at radius 1 is 1.37 bits per heavy atom. The van der Waals surface area contributed by atoms with Gasteiger partial charge in [-0.2, -0.15) is 0 Å². The SMILES string of the molecule is COCC(CCO)NC(C)c1cc(F)c(Cl)cc1Cl. The molecule has 0 fully saturated rings. The zero-order valence-corrected chi connectivity index (χ0v) is 12.4.